The van der Waals surface area contributed by atoms with Crippen LogP contribution in [-0.2, 0) is 0 Å². The molecule has 1 aromatic rings. The molecular formula is C12H17ClN2O. The van der Waals surface area contributed by atoms with Crippen LogP contribution in [0.15, 0.2) is 18.2 Å². The predicted molar refractivity (Wildman–Crippen MR) is 67.7 cm³/mol. The summed E-state index contributed by atoms with van der Waals surface area (Å²) in [5.41, 5.74) is 1.07. The van der Waals surface area contributed by atoms with E-state index in [0.717, 1.165) is 36.0 Å². The lowest BCUT2D eigenvalue weighted by Gasteiger charge is -2.20. The van der Waals surface area contributed by atoms with E-state index in [9.17, 15) is 0 Å². The molecule has 1 fully saturated rings. The Bertz CT molecular complexity index is 370. The van der Waals surface area contributed by atoms with Crippen LogP contribution in [0.2, 0.25) is 5.02 Å². The van der Waals surface area contributed by atoms with Crippen molar-refractivity contribution < 1.29 is 4.74 Å². The van der Waals surface area contributed by atoms with E-state index in [0.29, 0.717) is 6.04 Å². The minimum absolute atomic E-state index is 0.558. The molecule has 88 valence electrons. The zero-order valence-electron chi connectivity index (χ0n) is 9.66. The van der Waals surface area contributed by atoms with Crippen LogP contribution >= 0.6 is 11.6 Å². The van der Waals surface area contributed by atoms with Crippen molar-refractivity contribution in [2.24, 2.45) is 0 Å². The van der Waals surface area contributed by atoms with Crippen molar-refractivity contribution in [3.8, 4) is 5.75 Å². The molecule has 1 atom stereocenters. The number of rotatable bonds is 3. The largest absolute Gasteiger partial charge is 0.497 e. The van der Waals surface area contributed by atoms with Gasteiger partial charge in [-0.25, -0.2) is 0 Å². The quantitative estimate of drug-likeness (QED) is 0.876. The van der Waals surface area contributed by atoms with Gasteiger partial charge in [0.15, 0.2) is 0 Å². The van der Waals surface area contributed by atoms with E-state index in [1.54, 1.807) is 7.11 Å². The normalized spacial score (nSPS) is 20.2. The number of hydrogen-bond acceptors (Lipinski definition) is 3. The molecule has 0 aromatic heterocycles. The third-order valence-electron chi connectivity index (χ3n) is 3.09. The van der Waals surface area contributed by atoms with Crippen LogP contribution in [0.4, 0.5) is 5.69 Å². The van der Waals surface area contributed by atoms with E-state index in [4.69, 9.17) is 16.3 Å². The Morgan fingerprint density at radius 2 is 2.31 bits per heavy atom. The number of benzene rings is 1. The van der Waals surface area contributed by atoms with Crippen molar-refractivity contribution in [3.63, 3.8) is 0 Å². The van der Waals surface area contributed by atoms with E-state index in [1.807, 2.05) is 25.2 Å². The molecule has 0 aliphatic carbocycles. The van der Waals surface area contributed by atoms with Gasteiger partial charge in [0.2, 0.25) is 0 Å². The molecule has 1 saturated heterocycles. The van der Waals surface area contributed by atoms with Crippen molar-refractivity contribution in [1.82, 2.24) is 5.32 Å². The fraction of sp³-hybridized carbons (Fsp3) is 0.500. The van der Waals surface area contributed by atoms with Gasteiger partial charge in [0.1, 0.15) is 5.75 Å². The smallest absolute Gasteiger partial charge is 0.121 e. The van der Waals surface area contributed by atoms with Crippen LogP contribution in [0.3, 0.4) is 0 Å². The predicted octanol–water partition coefficient (Wildman–Crippen LogP) is 2.15. The number of nitrogens with one attached hydrogen (secondary N) is 1. The van der Waals surface area contributed by atoms with Crippen molar-refractivity contribution in [1.29, 1.82) is 0 Å². The van der Waals surface area contributed by atoms with Gasteiger partial charge in [0, 0.05) is 25.2 Å². The van der Waals surface area contributed by atoms with Crippen molar-refractivity contribution >= 4 is 17.3 Å². The number of halogens is 1. The van der Waals surface area contributed by atoms with E-state index in [-0.39, 0.29) is 0 Å². The monoisotopic (exact) mass is 240 g/mol. The van der Waals surface area contributed by atoms with Gasteiger partial charge < -0.3 is 15.0 Å². The number of likely N-dealkylation sites (N-methyl/N-ethyl adjacent to an activating group) is 1. The number of ether oxygens (including phenoxy) is 1. The summed E-state index contributed by atoms with van der Waals surface area (Å²) >= 11 is 6.21. The fourth-order valence-corrected chi connectivity index (χ4v) is 2.31. The molecule has 4 heteroatoms. The molecule has 16 heavy (non-hydrogen) atoms. The summed E-state index contributed by atoms with van der Waals surface area (Å²) in [6.07, 6.45) is 1.16. The SMILES string of the molecule is CNC1CCN(c2cc(OC)ccc2Cl)C1. The molecule has 0 radical (unpaired) electrons. The molecule has 0 bridgehead atoms. The second kappa shape index (κ2) is 4.93. The summed E-state index contributed by atoms with van der Waals surface area (Å²) in [4.78, 5) is 2.30. The van der Waals surface area contributed by atoms with Crippen LogP contribution in [0.1, 0.15) is 6.42 Å². The first kappa shape index (κ1) is 11.6. The van der Waals surface area contributed by atoms with Gasteiger partial charge in [-0.05, 0) is 25.6 Å². The molecule has 3 nitrogen and oxygen atoms in total. The maximum absolute atomic E-state index is 6.21. The Labute approximate surface area is 101 Å². The van der Waals surface area contributed by atoms with E-state index in [1.165, 1.54) is 0 Å². The maximum atomic E-state index is 6.21. The van der Waals surface area contributed by atoms with Gasteiger partial charge in [0.25, 0.3) is 0 Å². The van der Waals surface area contributed by atoms with Gasteiger partial charge in [0.05, 0.1) is 17.8 Å². The molecule has 1 aliphatic heterocycles. The maximum Gasteiger partial charge on any atom is 0.121 e. The molecule has 0 saturated carbocycles. The van der Waals surface area contributed by atoms with Gasteiger partial charge >= 0.3 is 0 Å². The minimum atomic E-state index is 0.558. The second-order valence-corrected chi connectivity index (χ2v) is 4.44. The summed E-state index contributed by atoms with van der Waals surface area (Å²) in [7, 11) is 3.68. The highest BCUT2D eigenvalue weighted by Gasteiger charge is 2.22. The Kier molecular flexibility index (Phi) is 3.56. The first-order chi connectivity index (χ1) is 7.74. The molecule has 1 aromatic carbocycles. The first-order valence-corrected chi connectivity index (χ1v) is 5.88. The van der Waals surface area contributed by atoms with Gasteiger partial charge in [-0.15, -0.1) is 0 Å². The van der Waals surface area contributed by atoms with E-state index in [2.05, 4.69) is 10.2 Å². The van der Waals surface area contributed by atoms with Crippen molar-refractivity contribution in [2.45, 2.75) is 12.5 Å². The van der Waals surface area contributed by atoms with E-state index < -0.39 is 0 Å². The minimum Gasteiger partial charge on any atom is -0.497 e. The topological polar surface area (TPSA) is 24.5 Å². The molecule has 1 unspecified atom stereocenters. The lowest BCUT2D eigenvalue weighted by atomic mass is 10.2. The van der Waals surface area contributed by atoms with Crippen LogP contribution < -0.4 is 15.0 Å². The van der Waals surface area contributed by atoms with Gasteiger partial charge in [-0.2, -0.15) is 0 Å². The summed E-state index contributed by atoms with van der Waals surface area (Å²) in [6, 6.07) is 6.34. The number of hydrogen-bond donors (Lipinski definition) is 1. The summed E-state index contributed by atoms with van der Waals surface area (Å²) < 4.78 is 5.22. The highest BCUT2D eigenvalue weighted by Crippen LogP contribution is 2.32. The molecule has 1 heterocycles. The van der Waals surface area contributed by atoms with Crippen LogP contribution in [0, 0.1) is 0 Å². The second-order valence-electron chi connectivity index (χ2n) is 4.04. The van der Waals surface area contributed by atoms with Crippen LogP contribution in [0.5, 0.6) is 5.75 Å². The third-order valence-corrected chi connectivity index (χ3v) is 3.41. The standard InChI is InChI=1S/C12H17ClN2O/c1-14-9-5-6-15(8-9)12-7-10(16-2)3-4-11(12)13/h3-4,7,9,14H,5-6,8H2,1-2H3. The zero-order valence-corrected chi connectivity index (χ0v) is 10.4. The Morgan fingerprint density at radius 1 is 1.50 bits per heavy atom. The Morgan fingerprint density at radius 3 is 2.94 bits per heavy atom. The number of methoxy groups -OCH3 is 1. The zero-order chi connectivity index (χ0) is 11.5. The summed E-state index contributed by atoms with van der Waals surface area (Å²) in [5.74, 6) is 0.854. The Hall–Kier alpha value is -0.930. The van der Waals surface area contributed by atoms with Gasteiger partial charge in [-0.1, -0.05) is 11.6 Å². The summed E-state index contributed by atoms with van der Waals surface area (Å²) in [6.45, 7) is 2.04. The Balaban J connectivity index is 2.20. The van der Waals surface area contributed by atoms with E-state index >= 15 is 0 Å². The molecule has 0 spiro atoms. The fourth-order valence-electron chi connectivity index (χ4n) is 2.08. The average molecular weight is 241 g/mol. The lowest BCUT2D eigenvalue weighted by molar-refractivity contribution is 0.415. The molecule has 1 N–H and O–H groups in total. The molecular weight excluding hydrogens is 224 g/mol. The van der Waals surface area contributed by atoms with Gasteiger partial charge in [-0.3, -0.25) is 0 Å². The highest BCUT2D eigenvalue weighted by atomic mass is 35.5. The highest BCUT2D eigenvalue weighted by molar-refractivity contribution is 6.33. The number of nitrogens with zero attached hydrogens (tertiary/aromatic N) is 1. The van der Waals surface area contributed by atoms with Crippen molar-refractivity contribution in [2.75, 3.05) is 32.1 Å². The molecule has 0 amide bonds. The first-order valence-electron chi connectivity index (χ1n) is 5.50. The third kappa shape index (κ3) is 2.25. The average Bonchev–Trinajstić information content (AvgIpc) is 2.78. The molecule has 2 rings (SSSR count). The number of anilines is 1. The molecule has 1 aliphatic rings. The van der Waals surface area contributed by atoms with Crippen LogP contribution in [-0.4, -0.2) is 33.3 Å². The van der Waals surface area contributed by atoms with Crippen LogP contribution in [0.25, 0.3) is 0 Å². The van der Waals surface area contributed by atoms with Crippen molar-refractivity contribution in [3.05, 3.63) is 23.2 Å². The lowest BCUT2D eigenvalue weighted by Crippen LogP contribution is -2.29. The summed E-state index contributed by atoms with van der Waals surface area (Å²) in [5, 5.41) is 4.09.